The highest BCUT2D eigenvalue weighted by molar-refractivity contribution is 7.80. The molecule has 0 bridgehead atoms. The van der Waals surface area contributed by atoms with Gasteiger partial charge in [-0.3, -0.25) is 19.2 Å². The minimum atomic E-state index is -1.25. The number of carbonyl (C=O) groups excluding carboxylic acids is 4. The van der Waals surface area contributed by atoms with Crippen molar-refractivity contribution in [3.05, 3.63) is 35.9 Å². The number of amides is 4. The maximum Gasteiger partial charge on any atom is 0.327 e. The Morgan fingerprint density at radius 2 is 1.39 bits per heavy atom. The summed E-state index contributed by atoms with van der Waals surface area (Å²) >= 11 is 3.93. The van der Waals surface area contributed by atoms with Crippen LogP contribution >= 0.6 is 12.6 Å². The van der Waals surface area contributed by atoms with E-state index in [1.807, 2.05) is 37.3 Å². The van der Waals surface area contributed by atoms with Gasteiger partial charge in [0, 0.05) is 5.75 Å². The molecule has 0 saturated heterocycles. The van der Waals surface area contributed by atoms with Crippen LogP contribution < -0.4 is 27.0 Å². The van der Waals surface area contributed by atoms with E-state index in [0.717, 1.165) is 5.56 Å². The molecule has 0 fully saturated rings. The maximum absolute atomic E-state index is 13.1. The predicted octanol–water partition coefficient (Wildman–Crippen LogP) is 0.232. The predicted molar refractivity (Wildman–Crippen MR) is 147 cm³/mol. The fourth-order valence-electron chi connectivity index (χ4n) is 3.55. The normalized spacial score (nSPS) is 15.8. The number of rotatable bonds is 15. The lowest BCUT2D eigenvalue weighted by Crippen LogP contribution is -2.59. The number of carboxylic acids is 1. The molecule has 0 unspecified atom stereocenters. The van der Waals surface area contributed by atoms with E-state index in [-0.39, 0.29) is 17.6 Å². The summed E-state index contributed by atoms with van der Waals surface area (Å²) in [6, 6.07) is 4.18. The van der Waals surface area contributed by atoms with Gasteiger partial charge in [-0.15, -0.1) is 0 Å². The summed E-state index contributed by atoms with van der Waals surface area (Å²) in [5, 5.41) is 19.4. The van der Waals surface area contributed by atoms with Gasteiger partial charge in [-0.25, -0.2) is 4.79 Å². The maximum atomic E-state index is 13.1. The number of thiol groups is 1. The molecule has 0 aliphatic carbocycles. The molecule has 0 spiro atoms. The van der Waals surface area contributed by atoms with Gasteiger partial charge in [-0.05, 0) is 30.7 Å². The number of nitrogens with two attached hydrogens (primary N) is 1. The van der Waals surface area contributed by atoms with E-state index < -0.39 is 59.8 Å². The third-order valence-electron chi connectivity index (χ3n) is 6.22. The molecule has 0 aliphatic rings. The lowest BCUT2D eigenvalue weighted by atomic mass is 9.97. The van der Waals surface area contributed by atoms with Gasteiger partial charge in [-0.1, -0.05) is 64.4 Å². The molecule has 1 rings (SSSR count). The second-order valence-corrected chi connectivity index (χ2v) is 10.1. The first-order chi connectivity index (χ1) is 17.8. The summed E-state index contributed by atoms with van der Waals surface area (Å²) in [5.41, 5.74) is 6.96. The third kappa shape index (κ3) is 10.3. The molecule has 12 heteroatoms. The van der Waals surface area contributed by atoms with Crippen LogP contribution in [-0.4, -0.2) is 70.7 Å². The summed E-state index contributed by atoms with van der Waals surface area (Å²) in [4.78, 5) is 62.5. The van der Waals surface area contributed by atoms with Crippen LogP contribution in [0.3, 0.4) is 0 Å². The highest BCUT2D eigenvalue weighted by Gasteiger charge is 2.32. The first-order valence-electron chi connectivity index (χ1n) is 12.7. The second kappa shape index (κ2) is 16.0. The number of aliphatic carboxylic acids is 1. The van der Waals surface area contributed by atoms with E-state index in [0.29, 0.717) is 12.8 Å². The third-order valence-corrected chi connectivity index (χ3v) is 6.59. The summed E-state index contributed by atoms with van der Waals surface area (Å²) in [6.07, 6.45) is 0.882. The number of hydrogen-bond donors (Lipinski definition) is 7. The number of hydrogen-bond acceptors (Lipinski definition) is 7. The Labute approximate surface area is 229 Å². The van der Waals surface area contributed by atoms with E-state index in [1.54, 1.807) is 20.8 Å². The fourth-order valence-corrected chi connectivity index (χ4v) is 3.80. The van der Waals surface area contributed by atoms with Crippen LogP contribution in [0.5, 0.6) is 0 Å². The summed E-state index contributed by atoms with van der Waals surface area (Å²) in [6.45, 7) is 8.51. The van der Waals surface area contributed by atoms with Gasteiger partial charge in [0.25, 0.3) is 0 Å². The van der Waals surface area contributed by atoms with Gasteiger partial charge in [-0.2, -0.15) is 12.6 Å². The highest BCUT2D eigenvalue weighted by Crippen LogP contribution is 2.10. The van der Waals surface area contributed by atoms with E-state index >= 15 is 0 Å². The molecule has 0 aliphatic heterocycles. The van der Waals surface area contributed by atoms with E-state index in [2.05, 4.69) is 33.9 Å². The lowest BCUT2D eigenvalue weighted by Gasteiger charge is -2.28. The van der Waals surface area contributed by atoms with Gasteiger partial charge < -0.3 is 32.1 Å². The van der Waals surface area contributed by atoms with E-state index in [9.17, 15) is 24.0 Å². The van der Waals surface area contributed by atoms with Crippen molar-refractivity contribution in [2.75, 3.05) is 5.75 Å². The molecule has 6 atom stereocenters. The Bertz CT molecular complexity index is 961. The molecule has 7 N–H and O–H groups in total. The number of benzene rings is 1. The van der Waals surface area contributed by atoms with Crippen LogP contribution in [0.1, 0.15) is 46.6 Å². The molecular weight excluding hydrogens is 510 g/mol. The number of nitrogens with one attached hydrogen (secondary N) is 4. The first kappa shape index (κ1) is 32.9. The van der Waals surface area contributed by atoms with Gasteiger partial charge in [0.05, 0.1) is 6.04 Å². The zero-order valence-corrected chi connectivity index (χ0v) is 23.5. The Morgan fingerprint density at radius 3 is 1.89 bits per heavy atom. The van der Waals surface area contributed by atoms with Gasteiger partial charge >= 0.3 is 5.97 Å². The largest absolute Gasteiger partial charge is 0.480 e. The van der Waals surface area contributed by atoms with Crippen molar-refractivity contribution in [3.8, 4) is 0 Å². The van der Waals surface area contributed by atoms with Crippen molar-refractivity contribution >= 4 is 42.2 Å². The molecule has 0 heterocycles. The fraction of sp³-hybridized carbons (Fsp3) is 0.577. The van der Waals surface area contributed by atoms with E-state index in [1.165, 1.54) is 6.92 Å². The Balaban J connectivity index is 2.85. The standard InChI is InChI=1S/C26H41N5O6S/c1-6-15(4)21(31-23(33)18(27)12-17-10-8-7-9-11-17)25(35)28-16(5)22(32)30-20(14(2)3)24(34)29-19(13-38)26(36)37/h7-11,14-16,18-21,38H,6,12-13,27H2,1-5H3,(H,28,35)(H,29,34)(H,30,32)(H,31,33)(H,36,37)/t15-,16-,18-,19-,20-,21-/m0/s1. The Hall–Kier alpha value is -3.12. The quantitative estimate of drug-likeness (QED) is 0.152. The van der Waals surface area contributed by atoms with E-state index in [4.69, 9.17) is 10.8 Å². The molecule has 11 nitrogen and oxygen atoms in total. The van der Waals surface area contributed by atoms with Crippen molar-refractivity contribution < 1.29 is 29.1 Å². The molecule has 0 aromatic heterocycles. The monoisotopic (exact) mass is 551 g/mol. The van der Waals surface area contributed by atoms with Crippen LogP contribution in [0.4, 0.5) is 0 Å². The van der Waals surface area contributed by atoms with Crippen LogP contribution in [0.15, 0.2) is 30.3 Å². The van der Waals surface area contributed by atoms with Crippen LogP contribution in [0, 0.1) is 11.8 Å². The van der Waals surface area contributed by atoms with Crippen molar-refractivity contribution in [2.45, 2.75) is 77.7 Å². The molecule has 1 aromatic carbocycles. The van der Waals surface area contributed by atoms with Crippen LogP contribution in [-0.2, 0) is 30.4 Å². The van der Waals surface area contributed by atoms with Gasteiger partial charge in [0.1, 0.15) is 24.2 Å². The average Bonchev–Trinajstić information content (AvgIpc) is 2.87. The summed E-state index contributed by atoms with van der Waals surface area (Å²) < 4.78 is 0. The number of carbonyl (C=O) groups is 5. The SMILES string of the molecule is CC[C@H](C)[C@H](NC(=O)[C@@H](N)Cc1ccccc1)C(=O)N[C@@H](C)C(=O)N[C@H](C(=O)N[C@@H](CS)C(=O)O)C(C)C. The second-order valence-electron chi connectivity index (χ2n) is 9.71. The summed E-state index contributed by atoms with van der Waals surface area (Å²) in [7, 11) is 0. The Morgan fingerprint density at radius 1 is 0.842 bits per heavy atom. The minimum Gasteiger partial charge on any atom is -0.480 e. The van der Waals surface area contributed by atoms with Gasteiger partial charge in [0.15, 0.2) is 0 Å². The Kier molecular flexibility index (Phi) is 13.8. The molecule has 38 heavy (non-hydrogen) atoms. The van der Waals surface area contributed by atoms with Crippen molar-refractivity contribution in [1.82, 2.24) is 21.3 Å². The molecule has 4 amide bonds. The smallest absolute Gasteiger partial charge is 0.327 e. The van der Waals surface area contributed by atoms with Crippen molar-refractivity contribution in [3.63, 3.8) is 0 Å². The molecular formula is C26H41N5O6S. The molecule has 0 saturated carbocycles. The minimum absolute atomic E-state index is 0.121. The lowest BCUT2D eigenvalue weighted by molar-refractivity contribution is -0.142. The van der Waals surface area contributed by atoms with Crippen molar-refractivity contribution in [2.24, 2.45) is 17.6 Å². The van der Waals surface area contributed by atoms with Crippen LogP contribution in [0.2, 0.25) is 0 Å². The molecule has 1 aromatic rings. The number of carboxylic acid groups (broad SMARTS) is 1. The average molecular weight is 552 g/mol. The van der Waals surface area contributed by atoms with Gasteiger partial charge in [0.2, 0.25) is 23.6 Å². The molecule has 212 valence electrons. The first-order valence-corrected chi connectivity index (χ1v) is 13.3. The zero-order valence-electron chi connectivity index (χ0n) is 22.6. The topological polar surface area (TPSA) is 180 Å². The zero-order chi connectivity index (χ0) is 29.0. The summed E-state index contributed by atoms with van der Waals surface area (Å²) in [5.74, 6) is -4.34. The molecule has 0 radical (unpaired) electrons. The van der Waals surface area contributed by atoms with Crippen molar-refractivity contribution in [1.29, 1.82) is 0 Å². The van der Waals surface area contributed by atoms with Crippen LogP contribution in [0.25, 0.3) is 0 Å². The highest BCUT2D eigenvalue weighted by atomic mass is 32.1.